The largest absolute Gasteiger partial charge is 0.489 e. The van der Waals surface area contributed by atoms with E-state index in [9.17, 15) is 4.79 Å². The van der Waals surface area contributed by atoms with E-state index in [0.717, 1.165) is 16.8 Å². The second-order valence-corrected chi connectivity index (χ2v) is 7.93. The second-order valence-electron chi connectivity index (χ2n) is 6.77. The van der Waals surface area contributed by atoms with E-state index < -0.39 is 5.60 Å². The van der Waals surface area contributed by atoms with Gasteiger partial charge in [-0.3, -0.25) is 4.79 Å². The Hall–Kier alpha value is -2.09. The molecule has 5 nitrogen and oxygen atoms in total. The fraction of sp³-hybridized carbons (Fsp3) is 0.300. The third-order valence-electron chi connectivity index (χ3n) is 3.34. The predicted octanol–water partition coefficient (Wildman–Crippen LogP) is 2.96. The number of anilines is 1. The molecule has 0 spiro atoms. The van der Waals surface area contributed by atoms with Crippen LogP contribution in [0.3, 0.4) is 0 Å². The lowest BCUT2D eigenvalue weighted by molar-refractivity contribution is -0.152. The highest BCUT2D eigenvalue weighted by Gasteiger charge is 2.17. The maximum absolute atomic E-state index is 11.9. The molecule has 0 unspecified atom stereocenters. The third kappa shape index (κ3) is 6.67. The van der Waals surface area contributed by atoms with Crippen molar-refractivity contribution in [3.63, 3.8) is 0 Å². The monoisotopic (exact) mass is 467 g/mol. The molecule has 0 aliphatic carbocycles. The number of ether oxygens (including phenoxy) is 2. The van der Waals surface area contributed by atoms with Crippen molar-refractivity contribution in [3.05, 3.63) is 59.7 Å². The lowest BCUT2D eigenvalue weighted by atomic mass is 10.1. The van der Waals surface area contributed by atoms with Crippen molar-refractivity contribution in [1.82, 2.24) is 0 Å². The van der Waals surface area contributed by atoms with Gasteiger partial charge in [0.15, 0.2) is 0 Å². The van der Waals surface area contributed by atoms with Gasteiger partial charge in [-0.25, -0.2) is 5.41 Å². The Balaban J connectivity index is 2.03. The van der Waals surface area contributed by atoms with Crippen molar-refractivity contribution in [3.8, 4) is 5.75 Å². The number of halogens is 1. The molecule has 0 aromatic heterocycles. The zero-order valence-electron chi connectivity index (χ0n) is 15.2. The Morgan fingerprint density at radius 3 is 2.46 bits per heavy atom. The summed E-state index contributed by atoms with van der Waals surface area (Å²) in [5.74, 6) is 0.395. The molecule has 2 rings (SSSR count). The average Bonchev–Trinajstić information content (AvgIpc) is 2.57. The standard InChI is InChI=1S/C20H23IN2O3/c1-20(2,3)26-18(24)12-23-17-10-9-15(11-16(17)19(21)22)25-13-14-7-5-4-6-8-14/h4-11,22-23H,12-13H2,1-3H3/p+1. The minimum Gasteiger partial charge on any atom is -0.489 e. The van der Waals surface area contributed by atoms with Crippen LogP contribution in [0.5, 0.6) is 5.75 Å². The number of hydrogen-bond acceptors (Lipinski definition) is 4. The minimum atomic E-state index is -0.509. The molecule has 6 heteroatoms. The molecule has 26 heavy (non-hydrogen) atoms. The minimum absolute atomic E-state index is 0.0679. The number of hydrogen-bond donors (Lipinski definition) is 2. The molecule has 0 aliphatic rings. The molecule has 0 fully saturated rings. The summed E-state index contributed by atoms with van der Waals surface area (Å²) in [6, 6.07) is 15.5. The molecule has 0 heterocycles. The Morgan fingerprint density at radius 2 is 1.85 bits per heavy atom. The van der Waals surface area contributed by atoms with Crippen molar-refractivity contribution in [2.75, 3.05) is 11.9 Å². The van der Waals surface area contributed by atoms with E-state index in [1.165, 1.54) is 0 Å². The van der Waals surface area contributed by atoms with E-state index in [1.54, 1.807) is 0 Å². The van der Waals surface area contributed by atoms with Gasteiger partial charge in [0.25, 0.3) is 0 Å². The summed E-state index contributed by atoms with van der Waals surface area (Å²) in [4.78, 5) is 11.9. The highest BCUT2D eigenvalue weighted by atomic mass is 127. The van der Waals surface area contributed by atoms with Gasteiger partial charge in [-0.05, 0) is 44.5 Å². The maximum atomic E-state index is 11.9. The molecule has 0 saturated heterocycles. The van der Waals surface area contributed by atoms with Crippen LogP contribution in [0, 0.1) is 0 Å². The van der Waals surface area contributed by atoms with Gasteiger partial charge in [0.2, 0.25) is 3.72 Å². The van der Waals surface area contributed by atoms with E-state index in [1.807, 2.05) is 69.3 Å². The number of nitrogens with one attached hydrogen (secondary N) is 1. The highest BCUT2D eigenvalue weighted by molar-refractivity contribution is 14.1. The summed E-state index contributed by atoms with van der Waals surface area (Å²) in [5.41, 5.74) is 2.13. The van der Waals surface area contributed by atoms with Crippen LogP contribution in [0.2, 0.25) is 0 Å². The Labute approximate surface area is 167 Å². The molecule has 0 atom stereocenters. The predicted molar refractivity (Wildman–Crippen MR) is 112 cm³/mol. The molecular weight excluding hydrogens is 443 g/mol. The SMILES string of the molecule is CC(C)(C)OC(=O)CNc1ccc(OCc2ccccc2)cc1C(=[NH2+])I. The van der Waals surface area contributed by atoms with Gasteiger partial charge in [-0.15, -0.1) is 0 Å². The van der Waals surface area contributed by atoms with Gasteiger partial charge in [0.1, 0.15) is 24.5 Å². The number of rotatable bonds is 7. The van der Waals surface area contributed by atoms with Gasteiger partial charge < -0.3 is 14.8 Å². The molecule has 0 aliphatic heterocycles. The smallest absolute Gasteiger partial charge is 0.325 e. The van der Waals surface area contributed by atoms with Gasteiger partial charge >= 0.3 is 5.97 Å². The first-order chi connectivity index (χ1) is 12.2. The van der Waals surface area contributed by atoms with Crippen molar-refractivity contribution in [1.29, 1.82) is 0 Å². The summed E-state index contributed by atoms with van der Waals surface area (Å²) in [7, 11) is 0. The van der Waals surface area contributed by atoms with Crippen molar-refractivity contribution >= 4 is 38.0 Å². The second kappa shape index (κ2) is 9.02. The summed E-state index contributed by atoms with van der Waals surface area (Å²) in [6.07, 6.45) is 0. The number of carbonyl (C=O) groups is 1. The lowest BCUT2D eigenvalue weighted by Crippen LogP contribution is -2.36. The summed E-state index contributed by atoms with van der Waals surface area (Å²) < 4.78 is 11.8. The van der Waals surface area contributed by atoms with Crippen LogP contribution in [0.25, 0.3) is 0 Å². The summed E-state index contributed by atoms with van der Waals surface area (Å²) in [5, 5.41) is 9.07. The molecule has 138 valence electrons. The fourth-order valence-corrected chi connectivity index (χ4v) is 2.70. The van der Waals surface area contributed by atoms with E-state index in [0.29, 0.717) is 16.1 Å². The molecule has 0 bridgehead atoms. The average molecular weight is 467 g/mol. The molecule has 0 saturated carbocycles. The number of carbonyl (C=O) groups excluding carboxylic acids is 1. The summed E-state index contributed by atoms with van der Waals surface area (Å²) in [6.45, 7) is 6.06. The van der Waals surface area contributed by atoms with Crippen LogP contribution in [-0.4, -0.2) is 21.8 Å². The molecule has 0 amide bonds. The third-order valence-corrected chi connectivity index (χ3v) is 3.92. The van der Waals surface area contributed by atoms with E-state index in [-0.39, 0.29) is 12.5 Å². The molecular formula is C20H24IN2O3+. The van der Waals surface area contributed by atoms with Gasteiger partial charge in [-0.1, -0.05) is 30.3 Å². The van der Waals surface area contributed by atoms with Gasteiger partial charge in [-0.2, -0.15) is 0 Å². The first kappa shape index (κ1) is 20.2. The van der Waals surface area contributed by atoms with E-state index >= 15 is 0 Å². The molecule has 0 radical (unpaired) electrons. The lowest BCUT2D eigenvalue weighted by Gasteiger charge is -2.20. The van der Waals surface area contributed by atoms with Crippen LogP contribution < -0.4 is 15.5 Å². The number of esters is 1. The van der Waals surface area contributed by atoms with Crippen LogP contribution in [0.15, 0.2) is 48.5 Å². The first-order valence-corrected chi connectivity index (χ1v) is 9.37. The molecule has 2 aromatic rings. The van der Waals surface area contributed by atoms with Crippen LogP contribution >= 0.6 is 22.6 Å². The fourth-order valence-electron chi connectivity index (χ4n) is 2.25. The van der Waals surface area contributed by atoms with Crippen LogP contribution in [0.4, 0.5) is 5.69 Å². The van der Waals surface area contributed by atoms with Crippen LogP contribution in [0.1, 0.15) is 31.9 Å². The van der Waals surface area contributed by atoms with Gasteiger partial charge in [0.05, 0.1) is 5.56 Å². The quantitative estimate of drug-likeness (QED) is 0.373. The number of nitrogens with two attached hydrogens (primary N) is 1. The maximum Gasteiger partial charge on any atom is 0.325 e. The first-order valence-electron chi connectivity index (χ1n) is 8.29. The molecule has 2 aromatic carbocycles. The Bertz CT molecular complexity index is 770. The number of benzene rings is 2. The Kier molecular flexibility index (Phi) is 7.02. The molecule has 3 N–H and O–H groups in total. The van der Waals surface area contributed by atoms with Gasteiger partial charge in [0, 0.05) is 28.3 Å². The van der Waals surface area contributed by atoms with Crippen LogP contribution in [-0.2, 0) is 16.1 Å². The summed E-state index contributed by atoms with van der Waals surface area (Å²) >= 11 is 2.05. The van der Waals surface area contributed by atoms with E-state index in [4.69, 9.17) is 14.9 Å². The topological polar surface area (TPSA) is 73.2 Å². The van der Waals surface area contributed by atoms with Crippen molar-refractivity contribution < 1.29 is 19.7 Å². The Morgan fingerprint density at radius 1 is 1.15 bits per heavy atom. The zero-order valence-corrected chi connectivity index (χ0v) is 17.4. The normalized spacial score (nSPS) is 10.9. The van der Waals surface area contributed by atoms with Crippen molar-refractivity contribution in [2.24, 2.45) is 0 Å². The highest BCUT2D eigenvalue weighted by Crippen LogP contribution is 2.24. The van der Waals surface area contributed by atoms with E-state index in [2.05, 4.69) is 27.9 Å². The zero-order chi connectivity index (χ0) is 19.2. The van der Waals surface area contributed by atoms with Crippen molar-refractivity contribution in [2.45, 2.75) is 33.0 Å².